The van der Waals surface area contributed by atoms with Gasteiger partial charge in [-0.1, -0.05) is 31.0 Å². The van der Waals surface area contributed by atoms with Crippen molar-refractivity contribution in [3.63, 3.8) is 0 Å². The van der Waals surface area contributed by atoms with Crippen molar-refractivity contribution >= 4 is 10.2 Å². The Bertz CT molecular complexity index is 354. The van der Waals surface area contributed by atoms with Gasteiger partial charge in [-0.2, -0.15) is 0 Å². The van der Waals surface area contributed by atoms with Crippen LogP contribution in [0, 0.1) is 18.7 Å². The van der Waals surface area contributed by atoms with Crippen LogP contribution < -0.4 is 0 Å². The Kier molecular flexibility index (Phi) is 3.80. The number of aryl methyl sites for hydroxylation is 1. The van der Waals surface area contributed by atoms with E-state index >= 15 is 0 Å². The zero-order valence-corrected chi connectivity index (χ0v) is 10.8. The Morgan fingerprint density at radius 2 is 1.94 bits per heavy atom. The highest BCUT2D eigenvalue weighted by Gasteiger charge is 2.21. The van der Waals surface area contributed by atoms with Crippen LogP contribution in [0.15, 0.2) is 18.2 Å². The summed E-state index contributed by atoms with van der Waals surface area (Å²) in [6.07, 6.45) is 4.95. The van der Waals surface area contributed by atoms with Gasteiger partial charge >= 0.3 is 0 Å². The molecule has 2 rings (SSSR count). The smallest absolute Gasteiger partial charge is 0.126 e. The molecule has 1 fully saturated rings. The molecule has 0 N–H and O–H groups in total. The molecule has 0 saturated heterocycles. The average Bonchev–Trinajstić information content (AvgIpc) is 2.33. The molecule has 0 aromatic heterocycles. The lowest BCUT2D eigenvalue weighted by Gasteiger charge is -2.28. The highest BCUT2D eigenvalue weighted by molar-refractivity contribution is 6.08. The van der Waals surface area contributed by atoms with Gasteiger partial charge in [-0.15, -0.1) is 0 Å². The Morgan fingerprint density at radius 3 is 2.50 bits per heavy atom. The lowest BCUT2D eigenvalue weighted by molar-refractivity contribution is 0.347. The van der Waals surface area contributed by atoms with E-state index in [4.69, 9.17) is 0 Å². The quantitative estimate of drug-likeness (QED) is 0.677. The maximum atomic E-state index is 13.5. The molecule has 0 bridgehead atoms. The third-order valence-electron chi connectivity index (χ3n) is 3.80. The molecule has 16 heavy (non-hydrogen) atoms. The van der Waals surface area contributed by atoms with Gasteiger partial charge in [0.25, 0.3) is 0 Å². The van der Waals surface area contributed by atoms with E-state index in [1.165, 1.54) is 31.2 Å². The van der Waals surface area contributed by atoms with Crippen LogP contribution in [-0.4, -0.2) is 10.2 Å². The summed E-state index contributed by atoms with van der Waals surface area (Å²) in [7, 11) is 3.60. The van der Waals surface area contributed by atoms with Crippen LogP contribution in [0.4, 0.5) is 4.39 Å². The Hall–Kier alpha value is -0.633. The summed E-state index contributed by atoms with van der Waals surface area (Å²) >= 11 is 0. The van der Waals surface area contributed by atoms with E-state index < -0.39 is 0 Å². The minimum Gasteiger partial charge on any atom is -0.207 e. The van der Waals surface area contributed by atoms with Gasteiger partial charge in [-0.25, -0.2) is 4.39 Å². The van der Waals surface area contributed by atoms with Crippen molar-refractivity contribution in [1.29, 1.82) is 0 Å². The molecule has 3 radical (unpaired) electrons. The van der Waals surface area contributed by atoms with Crippen molar-refractivity contribution in [2.75, 3.05) is 0 Å². The molecule has 85 valence electrons. The number of rotatable bonds is 2. The lowest BCUT2D eigenvalue weighted by atomic mass is 9.79. The molecule has 0 heterocycles. The first-order valence-corrected chi connectivity index (χ1v) is 6.82. The molecule has 0 atom stereocenters. The summed E-state index contributed by atoms with van der Waals surface area (Å²) < 4.78 is 13.5. The van der Waals surface area contributed by atoms with Crippen molar-refractivity contribution in [2.45, 2.75) is 44.6 Å². The first kappa shape index (κ1) is 11.8. The van der Waals surface area contributed by atoms with E-state index in [1.54, 1.807) is 6.07 Å². The van der Waals surface area contributed by atoms with Gasteiger partial charge in [0.1, 0.15) is 5.82 Å². The summed E-state index contributed by atoms with van der Waals surface area (Å²) in [5.74, 6) is 1.34. The first-order valence-electron chi connectivity index (χ1n) is 6.11. The highest BCUT2D eigenvalue weighted by atomic mass is 28.1. The summed E-state index contributed by atoms with van der Waals surface area (Å²) in [6.45, 7) is 1.82. The molecule has 0 spiro atoms. The monoisotopic (exact) mass is 233 g/mol. The van der Waals surface area contributed by atoms with Crippen molar-refractivity contribution in [1.82, 2.24) is 0 Å². The Labute approximate surface area is 101 Å². The maximum Gasteiger partial charge on any atom is 0.126 e. The van der Waals surface area contributed by atoms with Gasteiger partial charge in [-0.05, 0) is 48.8 Å². The van der Waals surface area contributed by atoms with Gasteiger partial charge in [-0.3, -0.25) is 0 Å². The number of benzene rings is 1. The van der Waals surface area contributed by atoms with Crippen molar-refractivity contribution < 1.29 is 4.39 Å². The molecule has 1 aliphatic carbocycles. The van der Waals surface area contributed by atoms with Gasteiger partial charge in [0.05, 0.1) is 0 Å². The number of hydrogen-bond donors (Lipinski definition) is 0. The number of halogens is 1. The maximum absolute atomic E-state index is 13.5. The van der Waals surface area contributed by atoms with Crippen LogP contribution in [0.25, 0.3) is 0 Å². The Morgan fingerprint density at radius 1 is 1.25 bits per heavy atom. The fraction of sp³-hybridized carbons (Fsp3) is 0.571. The van der Waals surface area contributed by atoms with Gasteiger partial charge in [0.2, 0.25) is 0 Å². The van der Waals surface area contributed by atoms with Crippen LogP contribution in [0.1, 0.15) is 42.7 Å². The predicted octanol–water partition coefficient (Wildman–Crippen LogP) is 3.99. The van der Waals surface area contributed by atoms with Crippen LogP contribution in [-0.2, 0) is 0 Å². The fourth-order valence-electron chi connectivity index (χ4n) is 2.56. The summed E-state index contributed by atoms with van der Waals surface area (Å²) in [4.78, 5) is 0. The van der Waals surface area contributed by atoms with Crippen LogP contribution >= 0.6 is 0 Å². The third-order valence-corrected chi connectivity index (χ3v) is 4.38. The summed E-state index contributed by atoms with van der Waals surface area (Å²) in [5, 5.41) is 0. The SMILES string of the molecule is Cc1ccc(C2CCC(C[Si])CC2)cc1F. The summed E-state index contributed by atoms with van der Waals surface area (Å²) in [5.41, 5.74) is 1.94. The summed E-state index contributed by atoms with van der Waals surface area (Å²) in [6, 6.07) is 6.83. The Balaban J connectivity index is 2.05. The molecular formula is C14H18FSi. The third kappa shape index (κ3) is 2.54. The second kappa shape index (κ2) is 5.13. The zero-order chi connectivity index (χ0) is 11.5. The van der Waals surface area contributed by atoms with Crippen LogP contribution in [0.5, 0.6) is 0 Å². The van der Waals surface area contributed by atoms with Gasteiger partial charge in [0.15, 0.2) is 0 Å². The van der Waals surface area contributed by atoms with E-state index in [0.717, 1.165) is 17.5 Å². The average molecular weight is 233 g/mol. The molecule has 1 saturated carbocycles. The molecule has 1 aromatic carbocycles. The zero-order valence-electron chi connectivity index (χ0n) is 9.80. The van der Waals surface area contributed by atoms with E-state index in [1.807, 2.05) is 13.0 Å². The van der Waals surface area contributed by atoms with E-state index in [0.29, 0.717) is 5.92 Å². The molecule has 2 heteroatoms. The largest absolute Gasteiger partial charge is 0.207 e. The molecule has 0 unspecified atom stereocenters. The van der Waals surface area contributed by atoms with Crippen LogP contribution in [0.2, 0.25) is 6.04 Å². The minimum atomic E-state index is -0.0558. The minimum absolute atomic E-state index is 0.0558. The molecular weight excluding hydrogens is 215 g/mol. The van der Waals surface area contributed by atoms with Crippen LogP contribution in [0.3, 0.4) is 0 Å². The van der Waals surface area contributed by atoms with E-state index in [9.17, 15) is 4.39 Å². The standard InChI is InChI=1S/C14H18FSi/c1-10-2-5-13(8-14(10)15)12-6-3-11(9-16)4-7-12/h2,5,8,11-12H,3-4,6-7,9H2,1H3. The molecule has 1 aliphatic rings. The molecule has 0 amide bonds. The lowest BCUT2D eigenvalue weighted by Crippen LogP contribution is -2.13. The normalized spacial score (nSPS) is 25.7. The topological polar surface area (TPSA) is 0 Å². The van der Waals surface area contributed by atoms with E-state index in [2.05, 4.69) is 16.3 Å². The fourth-order valence-corrected chi connectivity index (χ4v) is 2.97. The van der Waals surface area contributed by atoms with Gasteiger partial charge < -0.3 is 0 Å². The second-order valence-corrected chi connectivity index (χ2v) is 5.34. The molecule has 0 nitrogen and oxygen atoms in total. The van der Waals surface area contributed by atoms with E-state index in [-0.39, 0.29) is 5.82 Å². The van der Waals surface area contributed by atoms with Gasteiger partial charge in [0, 0.05) is 10.2 Å². The second-order valence-electron chi connectivity index (χ2n) is 4.93. The first-order chi connectivity index (χ1) is 7.70. The van der Waals surface area contributed by atoms with Crippen molar-refractivity contribution in [2.24, 2.45) is 5.92 Å². The molecule has 0 aliphatic heterocycles. The van der Waals surface area contributed by atoms with Crippen molar-refractivity contribution in [3.05, 3.63) is 35.1 Å². The van der Waals surface area contributed by atoms with Crippen molar-refractivity contribution in [3.8, 4) is 0 Å². The molecule has 1 aromatic rings. The number of hydrogen-bond acceptors (Lipinski definition) is 0. The predicted molar refractivity (Wildman–Crippen MR) is 66.4 cm³/mol. The highest BCUT2D eigenvalue weighted by Crippen LogP contribution is 2.37.